The third-order valence-corrected chi connectivity index (χ3v) is 3.70. The molecule has 21 heavy (non-hydrogen) atoms. The predicted octanol–water partition coefficient (Wildman–Crippen LogP) is 3.68. The molecule has 3 rings (SSSR count). The minimum absolute atomic E-state index is 0.568. The summed E-state index contributed by atoms with van der Waals surface area (Å²) in [6, 6.07) is 15.3. The molecule has 1 N–H and O–H groups in total. The van der Waals surface area contributed by atoms with Crippen molar-refractivity contribution in [3.05, 3.63) is 59.5 Å². The van der Waals surface area contributed by atoms with E-state index in [9.17, 15) is 0 Å². The molecule has 1 aliphatic rings. The van der Waals surface area contributed by atoms with Crippen LogP contribution in [0.5, 0.6) is 0 Å². The lowest BCUT2D eigenvalue weighted by atomic mass is 10.1. The van der Waals surface area contributed by atoms with Crippen LogP contribution in [0.2, 0.25) is 0 Å². The zero-order valence-corrected chi connectivity index (χ0v) is 12.4. The Morgan fingerprint density at radius 3 is 2.67 bits per heavy atom. The molecule has 1 fully saturated rings. The van der Waals surface area contributed by atoms with Crippen LogP contribution in [-0.2, 0) is 24.3 Å². The van der Waals surface area contributed by atoms with E-state index < -0.39 is 0 Å². The van der Waals surface area contributed by atoms with Gasteiger partial charge >= 0.3 is 0 Å². The lowest BCUT2D eigenvalue weighted by Crippen LogP contribution is -2.14. The van der Waals surface area contributed by atoms with E-state index >= 15 is 0 Å². The molecule has 0 bridgehead atoms. The molecule has 112 valence electrons. The van der Waals surface area contributed by atoms with E-state index in [1.54, 1.807) is 0 Å². The number of nitrogens with one attached hydrogen (secondary N) is 1. The number of ether oxygens (including phenoxy) is 1. The van der Waals surface area contributed by atoms with Crippen LogP contribution in [0, 0.1) is 0 Å². The molecule has 1 aromatic heterocycles. The first-order valence-corrected chi connectivity index (χ1v) is 7.83. The van der Waals surface area contributed by atoms with Crippen molar-refractivity contribution in [3.63, 3.8) is 0 Å². The van der Waals surface area contributed by atoms with Crippen LogP contribution in [-0.4, -0.2) is 12.6 Å². The Hall–Kier alpha value is -1.58. The summed E-state index contributed by atoms with van der Waals surface area (Å²) >= 11 is 0. The SMILES string of the molecule is c1ccc(CCCOCc2ccc(CNC3CC3)o2)cc1. The number of hydrogen-bond acceptors (Lipinski definition) is 3. The Morgan fingerprint density at radius 1 is 1.05 bits per heavy atom. The minimum Gasteiger partial charge on any atom is -0.462 e. The van der Waals surface area contributed by atoms with Gasteiger partial charge in [0.2, 0.25) is 0 Å². The van der Waals surface area contributed by atoms with Crippen LogP contribution < -0.4 is 5.32 Å². The summed E-state index contributed by atoms with van der Waals surface area (Å²) < 4.78 is 11.4. The second-order valence-corrected chi connectivity index (χ2v) is 5.66. The van der Waals surface area contributed by atoms with Gasteiger partial charge in [-0.25, -0.2) is 0 Å². The fourth-order valence-electron chi connectivity index (χ4n) is 2.32. The molecule has 3 nitrogen and oxygen atoms in total. The van der Waals surface area contributed by atoms with E-state index in [0.717, 1.165) is 37.5 Å². The highest BCUT2D eigenvalue weighted by Gasteiger charge is 2.20. The molecule has 0 radical (unpaired) electrons. The van der Waals surface area contributed by atoms with Gasteiger partial charge in [-0.05, 0) is 43.4 Å². The van der Waals surface area contributed by atoms with E-state index in [0.29, 0.717) is 12.6 Å². The second kappa shape index (κ2) is 7.43. The lowest BCUT2D eigenvalue weighted by molar-refractivity contribution is 0.103. The van der Waals surface area contributed by atoms with Gasteiger partial charge in [0.15, 0.2) is 0 Å². The van der Waals surface area contributed by atoms with Crippen LogP contribution in [0.3, 0.4) is 0 Å². The molecule has 0 amide bonds. The van der Waals surface area contributed by atoms with Crippen molar-refractivity contribution in [2.24, 2.45) is 0 Å². The lowest BCUT2D eigenvalue weighted by Gasteiger charge is -2.03. The quantitative estimate of drug-likeness (QED) is 0.714. The Kier molecular flexibility index (Phi) is 5.08. The van der Waals surface area contributed by atoms with Gasteiger partial charge in [-0.1, -0.05) is 30.3 Å². The number of benzene rings is 1. The monoisotopic (exact) mass is 285 g/mol. The Labute approximate surface area is 126 Å². The average Bonchev–Trinajstić information content (AvgIpc) is 3.25. The van der Waals surface area contributed by atoms with Gasteiger partial charge in [0.05, 0.1) is 6.54 Å². The second-order valence-electron chi connectivity index (χ2n) is 5.66. The van der Waals surface area contributed by atoms with E-state index in [2.05, 4.69) is 29.6 Å². The first-order valence-electron chi connectivity index (χ1n) is 7.83. The Bertz CT molecular complexity index is 531. The molecule has 0 unspecified atom stereocenters. The number of aryl methyl sites for hydroxylation is 1. The van der Waals surface area contributed by atoms with Crippen molar-refractivity contribution in [2.45, 2.75) is 44.9 Å². The molecule has 1 heterocycles. The van der Waals surface area contributed by atoms with E-state index in [1.807, 2.05) is 18.2 Å². The Balaban J connectivity index is 1.30. The Morgan fingerprint density at radius 2 is 1.86 bits per heavy atom. The van der Waals surface area contributed by atoms with E-state index in [1.165, 1.54) is 18.4 Å². The number of furan rings is 1. The fourth-order valence-corrected chi connectivity index (χ4v) is 2.32. The van der Waals surface area contributed by atoms with Gasteiger partial charge in [0, 0.05) is 12.6 Å². The highest BCUT2D eigenvalue weighted by molar-refractivity contribution is 5.14. The topological polar surface area (TPSA) is 34.4 Å². The normalized spacial score (nSPS) is 14.5. The van der Waals surface area contributed by atoms with Crippen molar-refractivity contribution < 1.29 is 9.15 Å². The molecule has 0 spiro atoms. The highest BCUT2D eigenvalue weighted by atomic mass is 16.5. The molecule has 0 aliphatic heterocycles. The summed E-state index contributed by atoms with van der Waals surface area (Å²) in [6.45, 7) is 2.17. The molecule has 0 atom stereocenters. The summed E-state index contributed by atoms with van der Waals surface area (Å²) in [6.07, 6.45) is 4.71. The average molecular weight is 285 g/mol. The maximum absolute atomic E-state index is 5.74. The molecule has 1 aliphatic carbocycles. The summed E-state index contributed by atoms with van der Waals surface area (Å²) in [5.74, 6) is 1.92. The van der Waals surface area contributed by atoms with Gasteiger partial charge < -0.3 is 14.5 Å². The van der Waals surface area contributed by atoms with Gasteiger partial charge in [0.25, 0.3) is 0 Å². The third kappa shape index (κ3) is 5.03. The maximum Gasteiger partial charge on any atom is 0.129 e. The van der Waals surface area contributed by atoms with Gasteiger partial charge in [-0.3, -0.25) is 0 Å². The smallest absolute Gasteiger partial charge is 0.129 e. The highest BCUT2D eigenvalue weighted by Crippen LogP contribution is 2.19. The van der Waals surface area contributed by atoms with Gasteiger partial charge in [0.1, 0.15) is 18.1 Å². The summed E-state index contributed by atoms with van der Waals surface area (Å²) in [5, 5.41) is 3.45. The van der Waals surface area contributed by atoms with E-state index in [-0.39, 0.29) is 0 Å². The molecule has 1 saturated carbocycles. The summed E-state index contributed by atoms with van der Waals surface area (Å²) in [4.78, 5) is 0. The zero-order valence-electron chi connectivity index (χ0n) is 12.4. The standard InChI is InChI=1S/C18H23NO2/c1-2-5-15(6-3-1)7-4-12-20-14-18-11-10-17(21-18)13-19-16-8-9-16/h1-3,5-6,10-11,16,19H,4,7-9,12-14H2. The van der Waals surface area contributed by atoms with Crippen LogP contribution in [0.15, 0.2) is 46.9 Å². The van der Waals surface area contributed by atoms with Crippen molar-refractivity contribution in [1.29, 1.82) is 0 Å². The third-order valence-electron chi connectivity index (χ3n) is 3.70. The first kappa shape index (κ1) is 14.4. The maximum atomic E-state index is 5.74. The first-order chi connectivity index (χ1) is 10.4. The predicted molar refractivity (Wildman–Crippen MR) is 83.0 cm³/mol. The number of hydrogen-bond donors (Lipinski definition) is 1. The summed E-state index contributed by atoms with van der Waals surface area (Å²) in [7, 11) is 0. The largest absolute Gasteiger partial charge is 0.462 e. The van der Waals surface area contributed by atoms with Crippen molar-refractivity contribution >= 4 is 0 Å². The fraction of sp³-hybridized carbons (Fsp3) is 0.444. The molecule has 3 heteroatoms. The van der Waals surface area contributed by atoms with Crippen LogP contribution in [0.25, 0.3) is 0 Å². The molecule has 1 aromatic carbocycles. The molecular formula is C18H23NO2. The zero-order chi connectivity index (χ0) is 14.3. The molecule has 0 saturated heterocycles. The van der Waals surface area contributed by atoms with E-state index in [4.69, 9.17) is 9.15 Å². The van der Waals surface area contributed by atoms with Crippen LogP contribution >= 0.6 is 0 Å². The van der Waals surface area contributed by atoms with Gasteiger partial charge in [-0.2, -0.15) is 0 Å². The minimum atomic E-state index is 0.568. The van der Waals surface area contributed by atoms with Crippen molar-refractivity contribution in [2.75, 3.05) is 6.61 Å². The number of rotatable bonds is 9. The van der Waals surface area contributed by atoms with Gasteiger partial charge in [-0.15, -0.1) is 0 Å². The molecular weight excluding hydrogens is 262 g/mol. The van der Waals surface area contributed by atoms with Crippen molar-refractivity contribution in [1.82, 2.24) is 5.32 Å². The van der Waals surface area contributed by atoms with Crippen LogP contribution in [0.4, 0.5) is 0 Å². The summed E-state index contributed by atoms with van der Waals surface area (Å²) in [5.41, 5.74) is 1.37. The molecule has 2 aromatic rings. The van der Waals surface area contributed by atoms with Crippen LogP contribution in [0.1, 0.15) is 36.3 Å². The van der Waals surface area contributed by atoms with Crippen molar-refractivity contribution in [3.8, 4) is 0 Å².